The van der Waals surface area contributed by atoms with Crippen LogP contribution in [0.5, 0.6) is 0 Å². The number of ether oxygens (including phenoxy) is 1. The molecule has 1 N–H and O–H groups in total. The highest BCUT2D eigenvalue weighted by molar-refractivity contribution is 5.88. The van der Waals surface area contributed by atoms with Crippen LogP contribution in [0.4, 0.5) is 0 Å². The summed E-state index contributed by atoms with van der Waals surface area (Å²) in [5, 5.41) is 8.04. The number of hydrogen-bond donors (Lipinski definition) is 1. The van der Waals surface area contributed by atoms with Crippen molar-refractivity contribution in [3.05, 3.63) is 12.2 Å². The molecule has 0 aliphatic carbocycles. The van der Waals surface area contributed by atoms with E-state index in [4.69, 9.17) is 5.11 Å². The van der Waals surface area contributed by atoms with E-state index >= 15 is 0 Å². The van der Waals surface area contributed by atoms with Crippen LogP contribution in [0.3, 0.4) is 0 Å². The average molecular weight is 181 g/mol. The van der Waals surface area contributed by atoms with Gasteiger partial charge in [0.25, 0.3) is 0 Å². The van der Waals surface area contributed by atoms with E-state index in [0.29, 0.717) is 0 Å². The summed E-state index contributed by atoms with van der Waals surface area (Å²) in [6.07, 6.45) is 0. The van der Waals surface area contributed by atoms with Gasteiger partial charge >= 0.3 is 11.9 Å². The first-order chi connectivity index (χ1) is 4.54. The summed E-state index contributed by atoms with van der Waals surface area (Å²) < 4.78 is 4.23. The Balaban J connectivity index is 0. The molecule has 0 heterocycles. The van der Waals surface area contributed by atoms with Crippen LogP contribution in [0.25, 0.3) is 0 Å². The quantitative estimate of drug-likeness (QED) is 0.511. The van der Waals surface area contributed by atoms with Crippen LogP contribution in [0.15, 0.2) is 12.2 Å². The molecule has 0 bridgehead atoms. The Labute approximate surface area is 70.3 Å². The molecule has 0 aliphatic heterocycles. The molecule has 0 atom stereocenters. The summed E-state index contributed by atoms with van der Waals surface area (Å²) in [7, 11) is 0. The Morgan fingerprint density at radius 2 is 2.00 bits per heavy atom. The molecule has 5 heteroatoms. The summed E-state index contributed by atoms with van der Waals surface area (Å²) in [4.78, 5) is 20.3. The molecule has 0 unspecified atom stereocenters. The van der Waals surface area contributed by atoms with E-state index in [-0.39, 0.29) is 18.0 Å². The van der Waals surface area contributed by atoms with E-state index < -0.39 is 18.5 Å². The van der Waals surface area contributed by atoms with Gasteiger partial charge in [-0.3, -0.25) is 0 Å². The lowest BCUT2D eigenvalue weighted by molar-refractivity contribution is -0.152. The molecule has 0 aliphatic rings. The van der Waals surface area contributed by atoms with E-state index in [1.807, 2.05) is 0 Å². The molecule has 0 spiro atoms. The van der Waals surface area contributed by atoms with Gasteiger partial charge in [0.1, 0.15) is 0 Å². The van der Waals surface area contributed by atoms with Gasteiger partial charge in [-0.1, -0.05) is 6.58 Å². The lowest BCUT2D eigenvalue weighted by Crippen LogP contribution is -2.12. The first-order valence-corrected chi connectivity index (χ1v) is 2.58. The van der Waals surface area contributed by atoms with Crippen LogP contribution >= 0.6 is 12.4 Å². The SMILES string of the molecule is C=C(C)C(=O)OCC(=O)O.Cl. The molecule has 0 saturated carbocycles. The summed E-state index contributed by atoms with van der Waals surface area (Å²) in [6, 6.07) is 0. The second-order valence-corrected chi connectivity index (χ2v) is 1.75. The number of carboxylic acid groups (broad SMARTS) is 1. The number of carboxylic acids is 1. The number of hydrogen-bond acceptors (Lipinski definition) is 3. The Morgan fingerprint density at radius 3 is 2.27 bits per heavy atom. The number of rotatable bonds is 3. The molecule has 0 aromatic rings. The van der Waals surface area contributed by atoms with Gasteiger partial charge in [-0.05, 0) is 6.92 Å². The third-order valence-corrected chi connectivity index (χ3v) is 0.675. The van der Waals surface area contributed by atoms with E-state index in [1.165, 1.54) is 6.92 Å². The second kappa shape index (κ2) is 5.73. The predicted octanol–water partition coefficient (Wildman–Crippen LogP) is 0.612. The Hall–Kier alpha value is -1.03. The molecular formula is C6H9ClO4. The van der Waals surface area contributed by atoms with Crippen molar-refractivity contribution in [2.24, 2.45) is 0 Å². The van der Waals surface area contributed by atoms with Gasteiger partial charge in [0, 0.05) is 5.57 Å². The van der Waals surface area contributed by atoms with Gasteiger partial charge in [0.05, 0.1) is 0 Å². The van der Waals surface area contributed by atoms with Crippen LogP contribution in [0, 0.1) is 0 Å². The molecule has 0 fully saturated rings. The molecule has 0 rings (SSSR count). The van der Waals surface area contributed by atoms with Crippen molar-refractivity contribution in [3.63, 3.8) is 0 Å². The third kappa shape index (κ3) is 6.86. The largest absolute Gasteiger partial charge is 0.479 e. The average Bonchev–Trinajstić information content (AvgIpc) is 1.82. The third-order valence-electron chi connectivity index (χ3n) is 0.675. The first-order valence-electron chi connectivity index (χ1n) is 2.58. The highest BCUT2D eigenvalue weighted by Crippen LogP contribution is 1.90. The second-order valence-electron chi connectivity index (χ2n) is 1.75. The molecule has 64 valence electrons. The minimum absolute atomic E-state index is 0. The van der Waals surface area contributed by atoms with E-state index in [0.717, 1.165) is 0 Å². The van der Waals surface area contributed by atoms with Gasteiger partial charge in [-0.2, -0.15) is 0 Å². The van der Waals surface area contributed by atoms with Crippen LogP contribution in [-0.2, 0) is 14.3 Å². The molecule has 0 amide bonds. The Morgan fingerprint density at radius 1 is 1.55 bits per heavy atom. The van der Waals surface area contributed by atoms with Gasteiger partial charge in [0.15, 0.2) is 6.61 Å². The molecule has 0 aromatic carbocycles. The van der Waals surface area contributed by atoms with Crippen molar-refractivity contribution in [2.75, 3.05) is 6.61 Å². The molecule has 4 nitrogen and oxygen atoms in total. The minimum atomic E-state index is -1.17. The summed E-state index contributed by atoms with van der Waals surface area (Å²) in [5.74, 6) is -1.85. The van der Waals surface area contributed by atoms with Crippen LogP contribution < -0.4 is 0 Å². The smallest absolute Gasteiger partial charge is 0.341 e. The van der Waals surface area contributed by atoms with E-state index in [1.54, 1.807) is 0 Å². The zero-order chi connectivity index (χ0) is 8.15. The fraction of sp³-hybridized carbons (Fsp3) is 0.333. The van der Waals surface area contributed by atoms with Crippen LogP contribution in [-0.4, -0.2) is 23.7 Å². The fourth-order valence-electron chi connectivity index (χ4n) is 0.250. The van der Waals surface area contributed by atoms with Crippen molar-refractivity contribution >= 4 is 24.3 Å². The molecule has 0 saturated heterocycles. The van der Waals surface area contributed by atoms with Crippen molar-refractivity contribution in [3.8, 4) is 0 Å². The minimum Gasteiger partial charge on any atom is -0.479 e. The zero-order valence-electron chi connectivity index (χ0n) is 5.99. The number of carbonyl (C=O) groups is 2. The lowest BCUT2D eigenvalue weighted by Gasteiger charge is -1.98. The van der Waals surface area contributed by atoms with Crippen LogP contribution in [0.2, 0.25) is 0 Å². The molecular weight excluding hydrogens is 172 g/mol. The Kier molecular flexibility index (Phi) is 6.58. The van der Waals surface area contributed by atoms with Crippen molar-refractivity contribution in [1.82, 2.24) is 0 Å². The van der Waals surface area contributed by atoms with Crippen molar-refractivity contribution < 1.29 is 19.4 Å². The summed E-state index contributed by atoms with van der Waals surface area (Å²) in [5.41, 5.74) is 0.196. The first kappa shape index (κ1) is 12.6. The maximum atomic E-state index is 10.5. The lowest BCUT2D eigenvalue weighted by atomic mass is 10.4. The number of aliphatic carboxylic acids is 1. The Bertz CT molecular complexity index is 175. The van der Waals surface area contributed by atoms with E-state index in [2.05, 4.69) is 11.3 Å². The molecule has 0 radical (unpaired) electrons. The maximum Gasteiger partial charge on any atom is 0.341 e. The number of halogens is 1. The highest BCUT2D eigenvalue weighted by atomic mass is 35.5. The van der Waals surface area contributed by atoms with Gasteiger partial charge in [-0.15, -0.1) is 12.4 Å². The fourth-order valence-corrected chi connectivity index (χ4v) is 0.250. The number of esters is 1. The zero-order valence-corrected chi connectivity index (χ0v) is 6.81. The summed E-state index contributed by atoms with van der Waals surface area (Å²) >= 11 is 0. The maximum absolute atomic E-state index is 10.5. The predicted molar refractivity (Wildman–Crippen MR) is 40.7 cm³/mol. The highest BCUT2D eigenvalue weighted by Gasteiger charge is 2.04. The van der Waals surface area contributed by atoms with E-state index in [9.17, 15) is 9.59 Å². The normalized spacial score (nSPS) is 7.73. The standard InChI is InChI=1S/C6H8O4.ClH/c1-4(2)6(9)10-3-5(7)8;/h1,3H2,2H3,(H,7,8);1H. The summed E-state index contributed by atoms with van der Waals surface area (Å²) in [6.45, 7) is 4.11. The van der Waals surface area contributed by atoms with Gasteiger partial charge < -0.3 is 9.84 Å². The van der Waals surface area contributed by atoms with Crippen molar-refractivity contribution in [2.45, 2.75) is 6.92 Å². The van der Waals surface area contributed by atoms with Crippen molar-refractivity contribution in [1.29, 1.82) is 0 Å². The number of carbonyl (C=O) groups excluding carboxylic acids is 1. The van der Waals surface area contributed by atoms with Gasteiger partial charge in [-0.25, -0.2) is 9.59 Å². The molecule has 0 aromatic heterocycles. The molecule has 11 heavy (non-hydrogen) atoms. The topological polar surface area (TPSA) is 63.6 Å². The van der Waals surface area contributed by atoms with Crippen LogP contribution in [0.1, 0.15) is 6.92 Å². The monoisotopic (exact) mass is 180 g/mol. The van der Waals surface area contributed by atoms with Gasteiger partial charge in [0.2, 0.25) is 0 Å².